The second-order valence-corrected chi connectivity index (χ2v) is 4.70. The molecule has 1 saturated carbocycles. The van der Waals surface area contributed by atoms with Crippen LogP contribution in [-0.2, 0) is 0 Å². The van der Waals surface area contributed by atoms with Crippen molar-refractivity contribution in [3.05, 3.63) is 11.9 Å². The molecule has 2 aliphatic rings. The van der Waals surface area contributed by atoms with Gasteiger partial charge in [-0.1, -0.05) is 5.21 Å². The first-order valence-corrected chi connectivity index (χ1v) is 5.93. The summed E-state index contributed by atoms with van der Waals surface area (Å²) < 4.78 is 2.10. The third-order valence-corrected chi connectivity index (χ3v) is 3.55. The molecule has 0 bridgehead atoms. The van der Waals surface area contributed by atoms with Gasteiger partial charge in [0.25, 0.3) is 0 Å². The maximum atomic E-state index is 8.80. The number of hydrogen-bond donors (Lipinski definition) is 0. The van der Waals surface area contributed by atoms with Crippen LogP contribution in [0.4, 0.5) is 0 Å². The van der Waals surface area contributed by atoms with Gasteiger partial charge in [-0.05, 0) is 25.7 Å². The predicted octanol–water partition coefficient (Wildman–Crippen LogP) is 1.27. The van der Waals surface area contributed by atoms with Crippen molar-refractivity contribution < 1.29 is 0 Å². The van der Waals surface area contributed by atoms with Crippen molar-refractivity contribution in [2.45, 2.75) is 37.6 Å². The third-order valence-electron chi connectivity index (χ3n) is 3.55. The van der Waals surface area contributed by atoms with E-state index in [2.05, 4.69) is 21.2 Å². The Morgan fingerprint density at radius 1 is 1.25 bits per heavy atom. The Morgan fingerprint density at radius 3 is 2.62 bits per heavy atom. The van der Waals surface area contributed by atoms with Gasteiger partial charge in [0.2, 0.25) is 0 Å². The molecular weight excluding hydrogens is 202 g/mol. The van der Waals surface area contributed by atoms with E-state index in [-0.39, 0.29) is 0 Å². The average Bonchev–Trinajstić information content (AvgIpc) is 3.07. The summed E-state index contributed by atoms with van der Waals surface area (Å²) in [5, 5.41) is 17.1. The summed E-state index contributed by atoms with van der Waals surface area (Å²) in [6, 6.07) is 0.447. The molecule has 1 saturated heterocycles. The molecule has 0 aromatic carbocycles. The average molecular weight is 217 g/mol. The second kappa shape index (κ2) is 3.78. The second-order valence-electron chi connectivity index (χ2n) is 4.70. The highest BCUT2D eigenvalue weighted by Crippen LogP contribution is 2.41. The fraction of sp³-hybridized carbons (Fsp3) is 0.727. The third kappa shape index (κ3) is 1.64. The van der Waals surface area contributed by atoms with Crippen LogP contribution in [0.2, 0.25) is 0 Å². The van der Waals surface area contributed by atoms with Gasteiger partial charge in [0.05, 0.1) is 17.9 Å². The summed E-state index contributed by atoms with van der Waals surface area (Å²) >= 11 is 0. The summed E-state index contributed by atoms with van der Waals surface area (Å²) in [5.74, 6) is 0.698. The lowest BCUT2D eigenvalue weighted by Gasteiger charge is -2.28. The molecule has 5 nitrogen and oxygen atoms in total. The molecule has 2 heterocycles. The van der Waals surface area contributed by atoms with Crippen molar-refractivity contribution in [3.8, 4) is 6.19 Å². The van der Waals surface area contributed by atoms with Crippen LogP contribution in [0, 0.1) is 11.5 Å². The van der Waals surface area contributed by atoms with Crippen molar-refractivity contribution in [2.24, 2.45) is 0 Å². The van der Waals surface area contributed by atoms with Crippen LogP contribution in [0.3, 0.4) is 0 Å². The van der Waals surface area contributed by atoms with E-state index in [1.165, 1.54) is 18.5 Å². The van der Waals surface area contributed by atoms with Crippen molar-refractivity contribution in [1.29, 1.82) is 5.26 Å². The topological polar surface area (TPSA) is 57.7 Å². The van der Waals surface area contributed by atoms with E-state index < -0.39 is 0 Å². The summed E-state index contributed by atoms with van der Waals surface area (Å²) in [6.45, 7) is 1.70. The van der Waals surface area contributed by atoms with Crippen molar-refractivity contribution in [3.63, 3.8) is 0 Å². The molecule has 1 aliphatic heterocycles. The highest BCUT2D eigenvalue weighted by Gasteiger charge is 2.31. The highest BCUT2D eigenvalue weighted by molar-refractivity contribution is 5.11. The van der Waals surface area contributed by atoms with Gasteiger partial charge in [-0.2, -0.15) is 5.26 Å². The largest absolute Gasteiger partial charge is 0.310 e. The molecule has 16 heavy (non-hydrogen) atoms. The molecule has 0 atom stereocenters. The normalized spacial score (nSPS) is 22.1. The maximum Gasteiger partial charge on any atom is 0.179 e. The van der Waals surface area contributed by atoms with E-state index in [1.807, 2.05) is 11.1 Å². The molecule has 0 amide bonds. The fourth-order valence-electron chi connectivity index (χ4n) is 2.42. The number of aromatic nitrogens is 3. The highest BCUT2D eigenvalue weighted by atomic mass is 15.4. The molecule has 0 unspecified atom stereocenters. The van der Waals surface area contributed by atoms with E-state index in [4.69, 9.17) is 5.26 Å². The fourth-order valence-corrected chi connectivity index (χ4v) is 2.42. The number of hydrogen-bond acceptors (Lipinski definition) is 4. The summed E-state index contributed by atoms with van der Waals surface area (Å²) in [6.07, 6.45) is 8.70. The Bertz CT molecular complexity index is 406. The van der Waals surface area contributed by atoms with Crippen molar-refractivity contribution in [1.82, 2.24) is 19.9 Å². The van der Waals surface area contributed by atoms with Crippen LogP contribution in [0.5, 0.6) is 0 Å². The van der Waals surface area contributed by atoms with Crippen molar-refractivity contribution in [2.75, 3.05) is 13.1 Å². The Balaban J connectivity index is 1.73. The Kier molecular flexibility index (Phi) is 2.28. The van der Waals surface area contributed by atoms with E-state index >= 15 is 0 Å². The first kappa shape index (κ1) is 9.64. The predicted molar refractivity (Wildman–Crippen MR) is 57.5 cm³/mol. The molecule has 2 fully saturated rings. The minimum absolute atomic E-state index is 0.447. The zero-order chi connectivity index (χ0) is 11.0. The SMILES string of the molecule is N#CN1CCC(n2nncc2C2CC2)CC1. The molecule has 0 spiro atoms. The molecule has 1 aromatic heterocycles. The number of piperidine rings is 1. The van der Waals surface area contributed by atoms with Crippen LogP contribution >= 0.6 is 0 Å². The quantitative estimate of drug-likeness (QED) is 0.700. The van der Waals surface area contributed by atoms with Crippen LogP contribution in [0.15, 0.2) is 6.20 Å². The molecule has 1 aliphatic carbocycles. The number of likely N-dealkylation sites (tertiary alicyclic amines) is 1. The van der Waals surface area contributed by atoms with Gasteiger partial charge in [-0.15, -0.1) is 5.10 Å². The summed E-state index contributed by atoms with van der Waals surface area (Å²) in [7, 11) is 0. The van der Waals surface area contributed by atoms with Gasteiger partial charge < -0.3 is 4.90 Å². The van der Waals surface area contributed by atoms with Gasteiger partial charge in [0.1, 0.15) is 0 Å². The number of nitrogens with zero attached hydrogens (tertiary/aromatic N) is 5. The minimum atomic E-state index is 0.447. The molecule has 5 heteroatoms. The summed E-state index contributed by atoms with van der Waals surface area (Å²) in [4.78, 5) is 1.82. The lowest BCUT2D eigenvalue weighted by Crippen LogP contribution is -2.32. The van der Waals surface area contributed by atoms with Crippen LogP contribution < -0.4 is 0 Å². The van der Waals surface area contributed by atoms with Gasteiger partial charge >= 0.3 is 0 Å². The van der Waals surface area contributed by atoms with Crippen LogP contribution in [-0.4, -0.2) is 33.0 Å². The maximum absolute atomic E-state index is 8.80. The van der Waals surface area contributed by atoms with Gasteiger partial charge in [-0.25, -0.2) is 4.68 Å². The van der Waals surface area contributed by atoms with Gasteiger partial charge in [-0.3, -0.25) is 0 Å². The van der Waals surface area contributed by atoms with Crippen LogP contribution in [0.1, 0.15) is 43.3 Å². The van der Waals surface area contributed by atoms with Crippen molar-refractivity contribution >= 4 is 0 Å². The van der Waals surface area contributed by atoms with E-state index in [9.17, 15) is 0 Å². The molecule has 1 aromatic rings. The zero-order valence-corrected chi connectivity index (χ0v) is 9.21. The van der Waals surface area contributed by atoms with E-state index in [1.54, 1.807) is 0 Å². The first-order valence-electron chi connectivity index (χ1n) is 5.93. The molecular formula is C11H15N5. The summed E-state index contributed by atoms with van der Waals surface area (Å²) in [5.41, 5.74) is 1.30. The zero-order valence-electron chi connectivity index (χ0n) is 9.21. The molecule has 84 valence electrons. The monoisotopic (exact) mass is 217 g/mol. The Hall–Kier alpha value is -1.57. The van der Waals surface area contributed by atoms with Crippen LogP contribution in [0.25, 0.3) is 0 Å². The van der Waals surface area contributed by atoms with E-state index in [0.29, 0.717) is 12.0 Å². The van der Waals surface area contributed by atoms with Gasteiger partial charge in [0.15, 0.2) is 6.19 Å². The standard InChI is InChI=1S/C11H15N5/c12-8-15-5-3-10(4-6-15)16-11(7-13-14-16)9-1-2-9/h7,9-10H,1-6H2. The number of rotatable bonds is 2. The Labute approximate surface area is 94.7 Å². The molecule has 0 radical (unpaired) electrons. The molecule has 3 rings (SSSR count). The smallest absolute Gasteiger partial charge is 0.179 e. The van der Waals surface area contributed by atoms with Gasteiger partial charge in [0, 0.05) is 19.0 Å². The lowest BCUT2D eigenvalue weighted by molar-refractivity contribution is 0.236. The number of nitriles is 1. The lowest BCUT2D eigenvalue weighted by atomic mass is 10.1. The first-order chi connectivity index (χ1) is 7.88. The minimum Gasteiger partial charge on any atom is -0.310 e. The van der Waals surface area contributed by atoms with E-state index in [0.717, 1.165) is 25.9 Å². The Morgan fingerprint density at radius 2 is 2.00 bits per heavy atom. The molecule has 0 N–H and O–H groups in total.